The Bertz CT molecular complexity index is 875. The van der Waals surface area contributed by atoms with Crippen LogP contribution in [0.15, 0.2) is 54.7 Å². The van der Waals surface area contributed by atoms with Crippen molar-refractivity contribution in [2.24, 2.45) is 5.73 Å². The maximum Gasteiger partial charge on any atom is 0.241 e. The van der Waals surface area contributed by atoms with Gasteiger partial charge in [0.25, 0.3) is 0 Å². The maximum atomic E-state index is 13.2. The monoisotopic (exact) mass is 339 g/mol. The van der Waals surface area contributed by atoms with Crippen molar-refractivity contribution in [3.8, 4) is 11.1 Å². The van der Waals surface area contributed by atoms with E-state index in [0.717, 1.165) is 11.1 Å². The molecule has 7 heteroatoms. The Morgan fingerprint density at radius 3 is 2.64 bits per heavy atom. The van der Waals surface area contributed by atoms with Crippen molar-refractivity contribution in [3.05, 3.63) is 66.1 Å². The van der Waals surface area contributed by atoms with Crippen LogP contribution in [0, 0.1) is 5.82 Å². The second-order valence-electron chi connectivity index (χ2n) is 5.70. The van der Waals surface area contributed by atoms with Crippen LogP contribution >= 0.6 is 0 Å². The number of aromatic amines is 1. The zero-order chi connectivity index (χ0) is 17.8. The number of aromatic nitrogens is 2. The number of carbonyl (C=O) groups excluding carboxylic acids is 1. The van der Waals surface area contributed by atoms with E-state index < -0.39 is 6.04 Å². The summed E-state index contributed by atoms with van der Waals surface area (Å²) >= 11 is 0. The van der Waals surface area contributed by atoms with Crippen LogP contribution in [0.2, 0.25) is 0 Å². The summed E-state index contributed by atoms with van der Waals surface area (Å²) < 4.78 is 13.2. The van der Waals surface area contributed by atoms with Crippen LogP contribution in [-0.2, 0) is 11.2 Å². The van der Waals surface area contributed by atoms with Crippen molar-refractivity contribution in [1.82, 2.24) is 10.2 Å². The predicted octanol–water partition coefficient (Wildman–Crippen LogP) is 2.31. The third kappa shape index (κ3) is 4.02. The van der Waals surface area contributed by atoms with Crippen LogP contribution in [0.3, 0.4) is 0 Å². The van der Waals surface area contributed by atoms with Gasteiger partial charge in [-0.25, -0.2) is 4.39 Å². The van der Waals surface area contributed by atoms with Gasteiger partial charge in [0.05, 0.1) is 12.2 Å². The third-order valence-corrected chi connectivity index (χ3v) is 3.81. The number of nitrogens with zero attached hydrogens (tertiary/aromatic N) is 1. The number of rotatable bonds is 5. The highest BCUT2D eigenvalue weighted by atomic mass is 19.1. The van der Waals surface area contributed by atoms with Crippen LogP contribution in [0.25, 0.3) is 11.1 Å². The molecule has 1 aromatic heterocycles. The quantitative estimate of drug-likeness (QED) is 0.572. The van der Waals surface area contributed by atoms with Crippen LogP contribution in [0.4, 0.5) is 15.9 Å². The molecule has 0 spiro atoms. The minimum atomic E-state index is -0.772. The minimum absolute atomic E-state index is 0.257. The maximum absolute atomic E-state index is 13.2. The highest BCUT2D eigenvalue weighted by Gasteiger charge is 2.15. The fourth-order valence-electron chi connectivity index (χ4n) is 2.50. The van der Waals surface area contributed by atoms with E-state index in [2.05, 4.69) is 15.5 Å². The molecule has 6 N–H and O–H groups in total. The second kappa shape index (κ2) is 7.14. The normalized spacial score (nSPS) is 11.9. The lowest BCUT2D eigenvalue weighted by Crippen LogP contribution is -2.37. The summed E-state index contributed by atoms with van der Waals surface area (Å²) in [5, 5.41) is 9.30. The molecular weight excluding hydrogens is 321 g/mol. The van der Waals surface area contributed by atoms with Gasteiger partial charge in [-0.1, -0.05) is 24.3 Å². The number of halogens is 1. The van der Waals surface area contributed by atoms with Crippen molar-refractivity contribution in [1.29, 1.82) is 0 Å². The SMILES string of the molecule is Nc1[nH]ncc1-c1ccc(NC(=O)[C@H](N)Cc2cccc(F)c2)cc1. The van der Waals surface area contributed by atoms with Gasteiger partial charge in [-0.3, -0.25) is 9.89 Å². The molecule has 0 saturated heterocycles. The van der Waals surface area contributed by atoms with E-state index in [9.17, 15) is 9.18 Å². The van der Waals surface area contributed by atoms with Crippen molar-refractivity contribution in [3.63, 3.8) is 0 Å². The standard InChI is InChI=1S/C18H18FN5O/c19-13-3-1-2-11(8-13)9-16(20)18(25)23-14-6-4-12(5-7-14)15-10-22-24-17(15)21/h1-8,10,16H,9,20H2,(H,23,25)(H3,21,22,24)/t16-/m1/s1. The van der Waals surface area contributed by atoms with E-state index in [1.54, 1.807) is 30.5 Å². The molecule has 0 bridgehead atoms. The Kier molecular flexibility index (Phi) is 4.76. The molecule has 0 unspecified atom stereocenters. The van der Waals surface area contributed by atoms with E-state index in [-0.39, 0.29) is 18.1 Å². The van der Waals surface area contributed by atoms with Gasteiger partial charge < -0.3 is 16.8 Å². The number of benzene rings is 2. The number of nitrogen functional groups attached to an aromatic ring is 1. The lowest BCUT2D eigenvalue weighted by Gasteiger charge is -2.13. The lowest BCUT2D eigenvalue weighted by atomic mass is 10.1. The number of hydrogen-bond donors (Lipinski definition) is 4. The first kappa shape index (κ1) is 16.7. The predicted molar refractivity (Wildman–Crippen MR) is 95.1 cm³/mol. The summed E-state index contributed by atoms with van der Waals surface area (Å²) in [7, 11) is 0. The van der Waals surface area contributed by atoms with Gasteiger partial charge in [0.1, 0.15) is 11.6 Å². The highest BCUT2D eigenvalue weighted by molar-refractivity contribution is 5.95. The fraction of sp³-hybridized carbons (Fsp3) is 0.111. The van der Waals surface area contributed by atoms with Gasteiger partial charge in [0, 0.05) is 11.3 Å². The number of nitrogens with one attached hydrogen (secondary N) is 2. The number of anilines is 2. The molecule has 0 aliphatic heterocycles. The second-order valence-corrected chi connectivity index (χ2v) is 5.70. The molecule has 3 rings (SSSR count). The molecule has 2 aromatic carbocycles. The average Bonchev–Trinajstić information content (AvgIpc) is 3.01. The molecule has 1 amide bonds. The number of carbonyl (C=O) groups is 1. The molecule has 0 radical (unpaired) electrons. The zero-order valence-corrected chi connectivity index (χ0v) is 13.4. The molecule has 0 fully saturated rings. The Hall–Kier alpha value is -3.19. The van der Waals surface area contributed by atoms with E-state index >= 15 is 0 Å². The molecule has 1 heterocycles. The molecular formula is C18H18FN5O. The average molecular weight is 339 g/mol. The summed E-state index contributed by atoms with van der Waals surface area (Å²) in [4.78, 5) is 12.2. The Morgan fingerprint density at radius 2 is 2.00 bits per heavy atom. The minimum Gasteiger partial charge on any atom is -0.384 e. The Balaban J connectivity index is 1.63. The van der Waals surface area contributed by atoms with Crippen LogP contribution < -0.4 is 16.8 Å². The third-order valence-electron chi connectivity index (χ3n) is 3.81. The van der Waals surface area contributed by atoms with Crippen LogP contribution in [0.1, 0.15) is 5.56 Å². The van der Waals surface area contributed by atoms with E-state index in [4.69, 9.17) is 11.5 Å². The molecule has 128 valence electrons. The molecule has 25 heavy (non-hydrogen) atoms. The summed E-state index contributed by atoms with van der Waals surface area (Å²) in [5.74, 6) is -0.201. The van der Waals surface area contributed by atoms with Gasteiger partial charge >= 0.3 is 0 Å². The molecule has 6 nitrogen and oxygen atoms in total. The number of nitrogens with two attached hydrogens (primary N) is 2. The number of hydrogen-bond acceptors (Lipinski definition) is 4. The van der Waals surface area contributed by atoms with Crippen molar-refractivity contribution in [2.45, 2.75) is 12.5 Å². The fourth-order valence-corrected chi connectivity index (χ4v) is 2.50. The first-order valence-electron chi connectivity index (χ1n) is 7.73. The largest absolute Gasteiger partial charge is 0.384 e. The molecule has 0 aliphatic rings. The van der Waals surface area contributed by atoms with E-state index in [0.29, 0.717) is 17.1 Å². The van der Waals surface area contributed by atoms with Crippen molar-refractivity contribution >= 4 is 17.4 Å². The summed E-state index contributed by atoms with van der Waals surface area (Å²) in [6.07, 6.45) is 1.89. The van der Waals surface area contributed by atoms with Gasteiger partial charge in [-0.2, -0.15) is 5.10 Å². The number of H-pyrrole nitrogens is 1. The summed E-state index contributed by atoms with van der Waals surface area (Å²) in [6, 6.07) is 12.5. The lowest BCUT2D eigenvalue weighted by molar-refractivity contribution is -0.117. The van der Waals surface area contributed by atoms with E-state index in [1.807, 2.05) is 12.1 Å². The van der Waals surface area contributed by atoms with Crippen molar-refractivity contribution < 1.29 is 9.18 Å². The molecule has 3 aromatic rings. The first-order chi connectivity index (χ1) is 12.0. The Labute approximate surface area is 144 Å². The number of amides is 1. The van der Waals surface area contributed by atoms with Gasteiger partial charge in [0.15, 0.2) is 0 Å². The molecule has 0 saturated carbocycles. The summed E-state index contributed by atoms with van der Waals surface area (Å²) in [5.41, 5.74) is 14.7. The first-order valence-corrected chi connectivity index (χ1v) is 7.73. The van der Waals surface area contributed by atoms with Gasteiger partial charge in [-0.15, -0.1) is 0 Å². The highest BCUT2D eigenvalue weighted by Crippen LogP contribution is 2.24. The Morgan fingerprint density at radius 1 is 1.24 bits per heavy atom. The van der Waals surface area contributed by atoms with Crippen LogP contribution in [-0.4, -0.2) is 22.1 Å². The van der Waals surface area contributed by atoms with Crippen LogP contribution in [0.5, 0.6) is 0 Å². The molecule has 0 aliphatic carbocycles. The van der Waals surface area contributed by atoms with Gasteiger partial charge in [-0.05, 0) is 41.8 Å². The molecule has 1 atom stereocenters. The van der Waals surface area contributed by atoms with E-state index in [1.165, 1.54) is 12.1 Å². The zero-order valence-electron chi connectivity index (χ0n) is 13.4. The topological polar surface area (TPSA) is 110 Å². The van der Waals surface area contributed by atoms with Crippen molar-refractivity contribution in [2.75, 3.05) is 11.1 Å². The summed E-state index contributed by atoms with van der Waals surface area (Å²) in [6.45, 7) is 0. The van der Waals surface area contributed by atoms with Gasteiger partial charge in [0.2, 0.25) is 5.91 Å². The smallest absolute Gasteiger partial charge is 0.241 e.